The van der Waals surface area contributed by atoms with E-state index in [2.05, 4.69) is 20.7 Å². The van der Waals surface area contributed by atoms with Gasteiger partial charge < -0.3 is 5.11 Å². The van der Waals surface area contributed by atoms with Gasteiger partial charge in [0.15, 0.2) is 0 Å². The Bertz CT molecular complexity index is 683. The van der Waals surface area contributed by atoms with Crippen LogP contribution in [-0.2, 0) is 10.0 Å². The largest absolute Gasteiger partial charge is 0.394 e. The molecule has 108 valence electrons. The summed E-state index contributed by atoms with van der Waals surface area (Å²) < 4.78 is 28.0. The number of thiophene rings is 1. The molecular weight excluding hydrogens is 362 g/mol. The predicted molar refractivity (Wildman–Crippen MR) is 83.3 cm³/mol. The Labute approximate surface area is 130 Å². The molecule has 1 aromatic heterocycles. The highest BCUT2D eigenvalue weighted by Crippen LogP contribution is 2.30. The molecule has 0 bridgehead atoms. The van der Waals surface area contributed by atoms with Crippen LogP contribution in [0.4, 0.5) is 0 Å². The lowest BCUT2D eigenvalue weighted by molar-refractivity contribution is 0.259. The van der Waals surface area contributed by atoms with E-state index in [-0.39, 0.29) is 11.5 Å². The molecule has 4 nitrogen and oxygen atoms in total. The highest BCUT2D eigenvalue weighted by Gasteiger charge is 2.24. The van der Waals surface area contributed by atoms with Gasteiger partial charge in [0.1, 0.15) is 0 Å². The van der Waals surface area contributed by atoms with Crippen LogP contribution < -0.4 is 4.72 Å². The molecule has 0 aliphatic rings. The fraction of sp³-hybridized carbons (Fsp3) is 0.231. The third-order valence-electron chi connectivity index (χ3n) is 2.81. The predicted octanol–water partition coefficient (Wildman–Crippen LogP) is 2.83. The normalized spacial score (nSPS) is 13.3. The molecule has 0 amide bonds. The number of aliphatic hydroxyl groups excluding tert-OH is 1. The highest BCUT2D eigenvalue weighted by molar-refractivity contribution is 9.11. The summed E-state index contributed by atoms with van der Waals surface area (Å²) >= 11 is 4.64. The number of sulfonamides is 1. The number of hydrogen-bond acceptors (Lipinski definition) is 4. The molecule has 0 saturated heterocycles. The van der Waals surface area contributed by atoms with E-state index in [1.54, 1.807) is 37.3 Å². The molecule has 1 aromatic carbocycles. The molecule has 2 rings (SSSR count). The van der Waals surface area contributed by atoms with Crippen molar-refractivity contribution in [3.8, 4) is 0 Å². The second-order valence-corrected chi connectivity index (χ2v) is 8.56. The molecule has 2 N–H and O–H groups in total. The number of hydrogen-bond donors (Lipinski definition) is 2. The van der Waals surface area contributed by atoms with Gasteiger partial charge in [-0.3, -0.25) is 0 Å². The van der Waals surface area contributed by atoms with Gasteiger partial charge in [-0.15, -0.1) is 11.3 Å². The minimum absolute atomic E-state index is 0.240. The molecule has 0 spiro atoms. The van der Waals surface area contributed by atoms with Gasteiger partial charge >= 0.3 is 0 Å². The highest BCUT2D eigenvalue weighted by atomic mass is 79.9. The van der Waals surface area contributed by atoms with Gasteiger partial charge in [-0.05, 0) is 34.5 Å². The molecule has 0 aliphatic heterocycles. The van der Waals surface area contributed by atoms with Crippen LogP contribution in [-0.4, -0.2) is 20.1 Å². The average molecular weight is 376 g/mol. The van der Waals surface area contributed by atoms with E-state index in [0.717, 1.165) is 9.35 Å². The molecule has 0 unspecified atom stereocenters. The lowest BCUT2D eigenvalue weighted by Gasteiger charge is -2.16. The van der Waals surface area contributed by atoms with E-state index in [1.165, 1.54) is 11.3 Å². The first-order chi connectivity index (χ1) is 9.44. The van der Waals surface area contributed by atoms with Crippen molar-refractivity contribution in [3.63, 3.8) is 0 Å². The summed E-state index contributed by atoms with van der Waals surface area (Å²) in [5, 5.41) is 9.43. The molecule has 20 heavy (non-hydrogen) atoms. The summed E-state index contributed by atoms with van der Waals surface area (Å²) in [6.45, 7) is 1.45. The van der Waals surface area contributed by atoms with E-state index in [0.29, 0.717) is 4.88 Å². The third-order valence-corrected chi connectivity index (χ3v) is 6.09. The molecule has 0 saturated carbocycles. The zero-order chi connectivity index (χ0) is 14.8. The molecule has 1 heterocycles. The van der Waals surface area contributed by atoms with Crippen LogP contribution in [0.1, 0.15) is 16.5 Å². The van der Waals surface area contributed by atoms with E-state index >= 15 is 0 Å². The van der Waals surface area contributed by atoms with Gasteiger partial charge in [-0.2, -0.15) is 0 Å². The summed E-state index contributed by atoms with van der Waals surface area (Å²) in [5.41, 5.74) is 0.727. The lowest BCUT2D eigenvalue weighted by atomic mass is 10.1. The van der Waals surface area contributed by atoms with Crippen molar-refractivity contribution in [2.45, 2.75) is 17.9 Å². The maximum atomic E-state index is 12.4. The zero-order valence-electron chi connectivity index (χ0n) is 10.7. The smallest absolute Gasteiger partial charge is 0.242 e. The molecule has 1 atom stereocenters. The van der Waals surface area contributed by atoms with Gasteiger partial charge in [0.25, 0.3) is 0 Å². The van der Waals surface area contributed by atoms with Gasteiger partial charge in [-0.25, -0.2) is 13.1 Å². The summed E-state index contributed by atoms with van der Waals surface area (Å²) in [4.78, 5) is 0.942. The van der Waals surface area contributed by atoms with Crippen molar-refractivity contribution in [1.82, 2.24) is 4.72 Å². The molecule has 0 aliphatic carbocycles. The molecule has 0 radical (unpaired) electrons. The fourth-order valence-corrected chi connectivity index (χ4v) is 5.47. The summed E-state index contributed by atoms with van der Waals surface area (Å²) in [6.07, 6.45) is 0. The topological polar surface area (TPSA) is 66.4 Å². The van der Waals surface area contributed by atoms with Crippen LogP contribution in [0.15, 0.2) is 45.1 Å². The third kappa shape index (κ3) is 3.48. The number of rotatable bonds is 5. The second-order valence-electron chi connectivity index (χ2n) is 4.24. The fourth-order valence-electron chi connectivity index (χ4n) is 1.84. The van der Waals surface area contributed by atoms with Crippen molar-refractivity contribution in [2.75, 3.05) is 6.61 Å². The Morgan fingerprint density at radius 1 is 1.35 bits per heavy atom. The Morgan fingerprint density at radius 3 is 2.50 bits per heavy atom. The first-order valence-corrected chi connectivity index (χ1v) is 8.97. The summed E-state index contributed by atoms with van der Waals surface area (Å²) in [6, 6.07) is 9.92. The Hall–Kier alpha value is -0.730. The Kier molecular flexibility index (Phi) is 4.98. The van der Waals surface area contributed by atoms with E-state index in [9.17, 15) is 13.5 Å². The summed E-state index contributed by atoms with van der Waals surface area (Å²) in [7, 11) is -3.66. The maximum Gasteiger partial charge on any atom is 0.242 e. The van der Waals surface area contributed by atoms with E-state index in [1.807, 2.05) is 6.07 Å². The standard InChI is InChI=1S/C13H14BrNO3S2/c1-9-12(7-13(14)19-9)20(17,18)15-11(8-16)10-5-3-2-4-6-10/h2-7,11,15-16H,8H2,1H3/t11-/m0/s1. The van der Waals surface area contributed by atoms with Gasteiger partial charge in [0.05, 0.1) is 21.3 Å². The van der Waals surface area contributed by atoms with Crippen LogP contribution >= 0.6 is 27.3 Å². The maximum absolute atomic E-state index is 12.4. The van der Waals surface area contributed by atoms with Gasteiger partial charge in [-0.1, -0.05) is 30.3 Å². The second kappa shape index (κ2) is 6.36. The van der Waals surface area contributed by atoms with Crippen molar-refractivity contribution in [3.05, 3.63) is 50.6 Å². The minimum Gasteiger partial charge on any atom is -0.394 e. The molecular formula is C13H14BrNO3S2. The zero-order valence-corrected chi connectivity index (χ0v) is 13.9. The first-order valence-electron chi connectivity index (χ1n) is 5.88. The molecule has 2 aromatic rings. The van der Waals surface area contributed by atoms with Crippen molar-refractivity contribution in [1.29, 1.82) is 0 Å². The Morgan fingerprint density at radius 2 is 2.00 bits per heavy atom. The van der Waals surface area contributed by atoms with Crippen molar-refractivity contribution >= 4 is 37.3 Å². The number of aliphatic hydroxyl groups is 1. The monoisotopic (exact) mass is 375 g/mol. The minimum atomic E-state index is -3.66. The average Bonchev–Trinajstić information content (AvgIpc) is 2.77. The van der Waals surface area contributed by atoms with Crippen molar-refractivity contribution in [2.24, 2.45) is 0 Å². The number of aryl methyl sites for hydroxylation is 1. The van der Waals surface area contributed by atoms with Crippen LogP contribution in [0.3, 0.4) is 0 Å². The number of benzene rings is 1. The van der Waals surface area contributed by atoms with Crippen LogP contribution in [0, 0.1) is 6.92 Å². The quantitative estimate of drug-likeness (QED) is 0.844. The van der Waals surface area contributed by atoms with E-state index < -0.39 is 16.1 Å². The SMILES string of the molecule is Cc1sc(Br)cc1S(=O)(=O)N[C@@H](CO)c1ccccc1. The molecule has 0 fully saturated rings. The van der Waals surface area contributed by atoms with Gasteiger partial charge in [0.2, 0.25) is 10.0 Å². The van der Waals surface area contributed by atoms with Gasteiger partial charge in [0, 0.05) is 4.88 Å². The van der Waals surface area contributed by atoms with E-state index in [4.69, 9.17) is 0 Å². The van der Waals surface area contributed by atoms with Crippen LogP contribution in [0.25, 0.3) is 0 Å². The Balaban J connectivity index is 2.29. The van der Waals surface area contributed by atoms with Crippen LogP contribution in [0.5, 0.6) is 0 Å². The lowest BCUT2D eigenvalue weighted by Crippen LogP contribution is -2.31. The van der Waals surface area contributed by atoms with Crippen molar-refractivity contribution < 1.29 is 13.5 Å². The number of nitrogens with one attached hydrogen (secondary N) is 1. The number of halogens is 1. The van der Waals surface area contributed by atoms with Crippen LogP contribution in [0.2, 0.25) is 0 Å². The first kappa shape index (κ1) is 15.7. The summed E-state index contributed by atoms with van der Waals surface area (Å²) in [5.74, 6) is 0. The molecule has 7 heteroatoms.